The Kier molecular flexibility index (Phi) is 20.5. The minimum Gasteiger partial charge on any atom is -0.444 e. The van der Waals surface area contributed by atoms with E-state index in [2.05, 4.69) is 20.9 Å². The summed E-state index contributed by atoms with van der Waals surface area (Å²) in [7, 11) is 1.85. The average molecular weight is 863 g/mol. The largest absolute Gasteiger partial charge is 0.444 e. The average Bonchev–Trinajstić information content (AvgIpc) is 3.78. The second kappa shape index (κ2) is 24.4. The Morgan fingerprint density at radius 2 is 1.48 bits per heavy atom. The van der Waals surface area contributed by atoms with E-state index in [0.29, 0.717) is 46.1 Å². The molecular weight excluding hydrogens is 797 g/mol. The predicted molar refractivity (Wildman–Crippen MR) is 226 cm³/mol. The van der Waals surface area contributed by atoms with E-state index in [1.165, 1.54) is 4.90 Å². The quantitative estimate of drug-likeness (QED) is 0.119. The van der Waals surface area contributed by atoms with Crippen LogP contribution in [0, 0.1) is 12.3 Å². The summed E-state index contributed by atoms with van der Waals surface area (Å²) >= 11 is 1.57. The molecular formula is C42H66N6O11S. The van der Waals surface area contributed by atoms with Crippen LogP contribution in [0.5, 0.6) is 0 Å². The van der Waals surface area contributed by atoms with Crippen LogP contribution in [0.3, 0.4) is 0 Å². The van der Waals surface area contributed by atoms with Crippen LogP contribution in [0.2, 0.25) is 0 Å². The first-order chi connectivity index (χ1) is 28.2. The van der Waals surface area contributed by atoms with Crippen molar-refractivity contribution < 1.29 is 52.8 Å². The van der Waals surface area contributed by atoms with Gasteiger partial charge in [-0.15, -0.1) is 11.3 Å². The van der Waals surface area contributed by atoms with Crippen molar-refractivity contribution in [1.29, 1.82) is 0 Å². The van der Waals surface area contributed by atoms with E-state index in [0.717, 1.165) is 21.7 Å². The summed E-state index contributed by atoms with van der Waals surface area (Å²) in [4.78, 5) is 72.7. The molecule has 0 spiro atoms. The summed E-state index contributed by atoms with van der Waals surface area (Å²) in [6.07, 6.45) is -1.40. The topological polar surface area (TPSA) is 207 Å². The molecule has 0 bridgehead atoms. The second-order valence-electron chi connectivity index (χ2n) is 16.9. The van der Waals surface area contributed by atoms with Crippen molar-refractivity contribution in [3.05, 3.63) is 41.0 Å². The lowest BCUT2D eigenvalue weighted by molar-refractivity contribution is -0.144. The summed E-state index contributed by atoms with van der Waals surface area (Å²) in [5.41, 5.74) is 3.32. The molecule has 1 fully saturated rings. The zero-order chi connectivity index (χ0) is 44.5. The number of aryl methyl sites for hydroxylation is 1. The molecule has 4 N–H and O–H groups in total. The highest BCUT2D eigenvalue weighted by atomic mass is 32.1. The fourth-order valence-corrected chi connectivity index (χ4v) is 6.96. The molecule has 2 heterocycles. The van der Waals surface area contributed by atoms with Gasteiger partial charge in [-0.05, 0) is 58.2 Å². The summed E-state index contributed by atoms with van der Waals surface area (Å²) in [5, 5.41) is 18.6. The van der Waals surface area contributed by atoms with Gasteiger partial charge in [0.2, 0.25) is 23.6 Å². The third kappa shape index (κ3) is 17.9. The Labute approximate surface area is 358 Å². The minimum atomic E-state index is -0.974. The standard InChI is InChI=1S/C42H66N6O11S/c1-28(30-10-12-31(13-11-30)36-29(2)43-27-60-36)44-38(52)33-24-32(49)25-48(33)39(53)37(41(3,4)5)45-35(51)26-58-23-22-57-21-20-56-19-18-55-17-16-47(9)15-14-34(50)46-40(54)59-42(6,7)8/h10-13,27-28,32-33,37,49H,14-26H2,1-9H3,(H,44,52)(H,45,51)(H,46,50,54)/t28-,32+,33-,37+/m0/s1. The number of alkyl carbamates (subject to hydrolysis) is 1. The molecule has 4 atom stereocenters. The van der Waals surface area contributed by atoms with Crippen LogP contribution < -0.4 is 16.0 Å². The summed E-state index contributed by atoms with van der Waals surface area (Å²) in [5.74, 6) is -1.73. The van der Waals surface area contributed by atoms with E-state index in [-0.39, 0.29) is 51.2 Å². The van der Waals surface area contributed by atoms with E-state index >= 15 is 0 Å². The molecule has 0 unspecified atom stereocenters. The molecule has 1 aromatic carbocycles. The lowest BCUT2D eigenvalue weighted by atomic mass is 9.85. The normalized spacial score (nSPS) is 16.7. The maximum Gasteiger partial charge on any atom is 0.414 e. The van der Waals surface area contributed by atoms with Gasteiger partial charge in [-0.1, -0.05) is 45.0 Å². The number of nitrogens with one attached hydrogen (secondary N) is 3. The number of amides is 5. The molecule has 0 aliphatic carbocycles. The van der Waals surface area contributed by atoms with Crippen molar-refractivity contribution in [2.75, 3.05) is 79.5 Å². The molecule has 17 nitrogen and oxygen atoms in total. The molecule has 3 rings (SSSR count). The molecule has 1 saturated heterocycles. The van der Waals surface area contributed by atoms with Gasteiger partial charge in [-0.2, -0.15) is 0 Å². The molecule has 5 amide bonds. The zero-order valence-corrected chi connectivity index (χ0v) is 37.5. The number of aliphatic hydroxyl groups excluding tert-OH is 1. The first-order valence-corrected chi connectivity index (χ1v) is 21.2. The van der Waals surface area contributed by atoms with Crippen molar-refractivity contribution in [2.24, 2.45) is 5.41 Å². The molecule has 1 aliphatic rings. The highest BCUT2D eigenvalue weighted by Gasteiger charge is 2.44. The fraction of sp³-hybridized carbons (Fsp3) is 0.667. The van der Waals surface area contributed by atoms with Crippen LogP contribution in [0.25, 0.3) is 10.4 Å². The third-order valence-corrected chi connectivity index (χ3v) is 10.4. The number of aliphatic hydroxyl groups is 1. The SMILES string of the molecule is Cc1ncsc1-c1ccc([C@H](C)NC(=O)[C@@H]2C[C@@H](O)CN2C(=O)[C@@H](NC(=O)COCCOCCOCCOCCN(C)CCC(=O)NC(=O)OC(C)(C)C)C(C)(C)C)cc1. The number of β-amino-alcohol motifs (C(OH)–C–C–N with tert-alkyl or cyclic N) is 1. The molecule has 0 radical (unpaired) electrons. The van der Waals surface area contributed by atoms with Gasteiger partial charge in [0.05, 0.1) is 74.5 Å². The van der Waals surface area contributed by atoms with Crippen LogP contribution in [0.4, 0.5) is 4.79 Å². The number of imide groups is 1. The lowest BCUT2D eigenvalue weighted by Crippen LogP contribution is -2.58. The van der Waals surface area contributed by atoms with Gasteiger partial charge < -0.3 is 49.2 Å². The molecule has 2 aromatic rings. The smallest absolute Gasteiger partial charge is 0.414 e. The number of carbonyl (C=O) groups excluding carboxylic acids is 5. The van der Waals surface area contributed by atoms with Crippen molar-refractivity contribution in [1.82, 2.24) is 30.7 Å². The van der Waals surface area contributed by atoms with Crippen molar-refractivity contribution in [3.8, 4) is 10.4 Å². The van der Waals surface area contributed by atoms with Crippen LogP contribution in [-0.2, 0) is 42.9 Å². The van der Waals surface area contributed by atoms with Crippen LogP contribution in [0.1, 0.15) is 78.6 Å². The van der Waals surface area contributed by atoms with E-state index < -0.39 is 53.0 Å². The number of thiazole rings is 1. The molecule has 1 aliphatic heterocycles. The monoisotopic (exact) mass is 862 g/mol. The minimum absolute atomic E-state index is 0.0257. The number of nitrogens with zero attached hydrogens (tertiary/aromatic N) is 3. The Morgan fingerprint density at radius 1 is 0.883 bits per heavy atom. The highest BCUT2D eigenvalue weighted by Crippen LogP contribution is 2.29. The number of carbonyl (C=O) groups is 5. The van der Waals surface area contributed by atoms with Gasteiger partial charge in [0, 0.05) is 32.5 Å². The number of hydrogen-bond donors (Lipinski definition) is 4. The van der Waals surface area contributed by atoms with Crippen molar-refractivity contribution >= 4 is 41.1 Å². The van der Waals surface area contributed by atoms with Crippen LogP contribution in [-0.4, -0.2) is 153 Å². The van der Waals surface area contributed by atoms with E-state index in [1.54, 1.807) is 32.1 Å². The number of hydrogen-bond acceptors (Lipinski definition) is 14. The Balaban J connectivity index is 1.29. The first-order valence-electron chi connectivity index (χ1n) is 20.4. The number of aromatic nitrogens is 1. The van der Waals surface area contributed by atoms with Crippen LogP contribution >= 0.6 is 11.3 Å². The zero-order valence-electron chi connectivity index (χ0n) is 36.7. The van der Waals surface area contributed by atoms with E-state index in [4.69, 9.17) is 23.7 Å². The second-order valence-corrected chi connectivity index (χ2v) is 17.7. The Hall–Kier alpha value is -4.04. The van der Waals surface area contributed by atoms with E-state index in [9.17, 15) is 29.1 Å². The van der Waals surface area contributed by atoms with Gasteiger partial charge in [0.25, 0.3) is 0 Å². The third-order valence-electron chi connectivity index (χ3n) is 9.39. The number of rotatable bonds is 23. The molecule has 0 saturated carbocycles. The summed E-state index contributed by atoms with van der Waals surface area (Å²) in [6, 6.07) is 5.67. The number of likely N-dealkylation sites (tertiary alicyclic amines) is 1. The lowest BCUT2D eigenvalue weighted by Gasteiger charge is -2.35. The fourth-order valence-electron chi connectivity index (χ4n) is 6.15. The van der Waals surface area contributed by atoms with Gasteiger partial charge in [-0.3, -0.25) is 24.5 Å². The Bertz CT molecular complexity index is 1680. The molecule has 18 heteroatoms. The van der Waals surface area contributed by atoms with Crippen molar-refractivity contribution in [2.45, 2.75) is 98.1 Å². The van der Waals surface area contributed by atoms with Gasteiger partial charge in [0.1, 0.15) is 24.3 Å². The highest BCUT2D eigenvalue weighted by molar-refractivity contribution is 7.13. The molecule has 60 heavy (non-hydrogen) atoms. The number of likely N-dealkylation sites (N-methyl/N-ethyl adjacent to an activating group) is 1. The van der Waals surface area contributed by atoms with E-state index in [1.807, 2.05) is 76.3 Å². The van der Waals surface area contributed by atoms with Gasteiger partial charge in [-0.25, -0.2) is 9.78 Å². The molecule has 336 valence electrons. The summed E-state index contributed by atoms with van der Waals surface area (Å²) < 4.78 is 27.2. The number of benzene rings is 1. The van der Waals surface area contributed by atoms with Gasteiger partial charge in [0.15, 0.2) is 0 Å². The van der Waals surface area contributed by atoms with Crippen molar-refractivity contribution in [3.63, 3.8) is 0 Å². The van der Waals surface area contributed by atoms with Gasteiger partial charge >= 0.3 is 6.09 Å². The summed E-state index contributed by atoms with van der Waals surface area (Å²) in [6.45, 7) is 17.4. The maximum atomic E-state index is 13.9. The maximum absolute atomic E-state index is 13.9. The Morgan fingerprint density at radius 3 is 2.05 bits per heavy atom. The predicted octanol–water partition coefficient (Wildman–Crippen LogP) is 3.23. The van der Waals surface area contributed by atoms with Crippen LogP contribution in [0.15, 0.2) is 29.8 Å². The molecule has 1 aromatic heterocycles. The first kappa shape index (κ1) is 50.3. The number of ether oxygens (including phenoxy) is 5.